The second-order valence-corrected chi connectivity index (χ2v) is 6.83. The molecule has 0 saturated heterocycles. The number of nitrogens with two attached hydrogens (primary N) is 1. The van der Waals surface area contributed by atoms with Gasteiger partial charge in [0.05, 0.1) is 4.90 Å². The third-order valence-corrected chi connectivity index (χ3v) is 4.38. The highest BCUT2D eigenvalue weighted by atomic mass is 32.2. The molecule has 0 amide bonds. The minimum atomic E-state index is -3.42. The third-order valence-electron chi connectivity index (χ3n) is 2.54. The first-order chi connectivity index (χ1) is 8.87. The van der Waals surface area contributed by atoms with Gasteiger partial charge in [-0.25, -0.2) is 12.7 Å². The van der Waals surface area contributed by atoms with Gasteiger partial charge in [0, 0.05) is 20.1 Å². The van der Waals surface area contributed by atoms with Crippen molar-refractivity contribution >= 4 is 10.0 Å². The van der Waals surface area contributed by atoms with Crippen LogP contribution in [0.4, 0.5) is 0 Å². The van der Waals surface area contributed by atoms with Crippen LogP contribution in [0.25, 0.3) is 0 Å². The molecule has 0 heterocycles. The summed E-state index contributed by atoms with van der Waals surface area (Å²) in [6.07, 6.45) is 0. The van der Waals surface area contributed by atoms with Crippen LogP contribution in [0.5, 0.6) is 5.75 Å². The number of hydrogen-bond donors (Lipinski definition) is 1. The van der Waals surface area contributed by atoms with E-state index in [2.05, 4.69) is 0 Å². The average Bonchev–Trinajstić information content (AvgIpc) is 2.36. The smallest absolute Gasteiger partial charge is 0.242 e. The van der Waals surface area contributed by atoms with Crippen molar-refractivity contribution in [3.8, 4) is 5.75 Å². The highest BCUT2D eigenvalue weighted by molar-refractivity contribution is 7.89. The van der Waals surface area contributed by atoms with E-state index < -0.39 is 10.0 Å². The van der Waals surface area contributed by atoms with Crippen LogP contribution in [-0.2, 0) is 10.0 Å². The van der Waals surface area contributed by atoms with E-state index in [0.29, 0.717) is 25.4 Å². The molecule has 19 heavy (non-hydrogen) atoms. The van der Waals surface area contributed by atoms with Crippen molar-refractivity contribution in [2.75, 3.05) is 26.7 Å². The number of benzene rings is 1. The Balaban J connectivity index is 2.84. The molecule has 1 aromatic carbocycles. The largest absolute Gasteiger partial charge is 0.492 e. The monoisotopic (exact) mass is 286 g/mol. The summed E-state index contributed by atoms with van der Waals surface area (Å²) < 4.78 is 31.2. The van der Waals surface area contributed by atoms with Crippen molar-refractivity contribution in [2.24, 2.45) is 11.7 Å². The molecule has 0 fully saturated rings. The summed E-state index contributed by atoms with van der Waals surface area (Å²) in [7, 11) is -1.83. The minimum absolute atomic E-state index is 0.274. The van der Waals surface area contributed by atoms with Gasteiger partial charge in [-0.3, -0.25) is 0 Å². The molecule has 0 unspecified atom stereocenters. The lowest BCUT2D eigenvalue weighted by molar-refractivity contribution is 0.328. The van der Waals surface area contributed by atoms with Crippen molar-refractivity contribution in [1.82, 2.24) is 4.31 Å². The predicted octanol–water partition coefficient (Wildman–Crippen LogP) is 1.30. The van der Waals surface area contributed by atoms with Crippen LogP contribution in [0, 0.1) is 5.92 Å². The first kappa shape index (κ1) is 15.9. The lowest BCUT2D eigenvalue weighted by Gasteiger charge is -2.19. The first-order valence-corrected chi connectivity index (χ1v) is 7.71. The molecule has 0 bridgehead atoms. The van der Waals surface area contributed by atoms with E-state index in [1.54, 1.807) is 31.3 Å². The normalized spacial score (nSPS) is 12.1. The van der Waals surface area contributed by atoms with Crippen molar-refractivity contribution < 1.29 is 13.2 Å². The van der Waals surface area contributed by atoms with Gasteiger partial charge in [0.15, 0.2) is 0 Å². The molecule has 0 saturated carbocycles. The maximum Gasteiger partial charge on any atom is 0.242 e. The van der Waals surface area contributed by atoms with Crippen LogP contribution >= 0.6 is 0 Å². The van der Waals surface area contributed by atoms with Crippen molar-refractivity contribution in [3.63, 3.8) is 0 Å². The number of hydrogen-bond acceptors (Lipinski definition) is 4. The van der Waals surface area contributed by atoms with Gasteiger partial charge in [0.2, 0.25) is 10.0 Å². The van der Waals surface area contributed by atoms with Crippen molar-refractivity contribution in [3.05, 3.63) is 24.3 Å². The van der Waals surface area contributed by atoms with Crippen LogP contribution in [0.2, 0.25) is 0 Å². The van der Waals surface area contributed by atoms with Gasteiger partial charge in [-0.05, 0) is 30.2 Å². The van der Waals surface area contributed by atoms with E-state index in [4.69, 9.17) is 10.5 Å². The van der Waals surface area contributed by atoms with Gasteiger partial charge in [-0.1, -0.05) is 13.8 Å². The molecular weight excluding hydrogens is 264 g/mol. The Morgan fingerprint density at radius 3 is 2.32 bits per heavy atom. The highest BCUT2D eigenvalue weighted by Gasteiger charge is 2.21. The summed E-state index contributed by atoms with van der Waals surface area (Å²) in [5.74, 6) is 0.905. The zero-order valence-corrected chi connectivity index (χ0v) is 12.5. The van der Waals surface area contributed by atoms with E-state index in [-0.39, 0.29) is 10.8 Å². The summed E-state index contributed by atoms with van der Waals surface area (Å²) in [6.45, 7) is 5.30. The molecular formula is C13H22N2O3S. The SMILES string of the molecule is CC(C)CN(C)S(=O)(=O)c1ccc(OCCN)cc1. The van der Waals surface area contributed by atoms with E-state index in [0.717, 1.165) is 0 Å². The molecule has 1 aromatic rings. The molecule has 6 heteroatoms. The molecule has 0 aromatic heterocycles. The van der Waals surface area contributed by atoms with Crippen LogP contribution in [0.3, 0.4) is 0 Å². The number of sulfonamides is 1. The first-order valence-electron chi connectivity index (χ1n) is 6.27. The van der Waals surface area contributed by atoms with E-state index in [9.17, 15) is 8.42 Å². The lowest BCUT2D eigenvalue weighted by Crippen LogP contribution is -2.30. The zero-order chi connectivity index (χ0) is 14.5. The minimum Gasteiger partial charge on any atom is -0.492 e. The molecule has 0 atom stereocenters. The fourth-order valence-corrected chi connectivity index (χ4v) is 3.01. The van der Waals surface area contributed by atoms with Crippen LogP contribution < -0.4 is 10.5 Å². The molecule has 108 valence electrons. The van der Waals surface area contributed by atoms with Crippen molar-refractivity contribution in [1.29, 1.82) is 0 Å². The predicted molar refractivity (Wildman–Crippen MR) is 75.6 cm³/mol. The van der Waals surface area contributed by atoms with Crippen LogP contribution in [-0.4, -0.2) is 39.5 Å². The summed E-state index contributed by atoms with van der Waals surface area (Å²) in [4.78, 5) is 0.274. The number of rotatable bonds is 7. The summed E-state index contributed by atoms with van der Waals surface area (Å²) in [6, 6.07) is 6.40. The standard InChI is InChI=1S/C13H22N2O3S/c1-11(2)10-15(3)19(16,17)13-6-4-12(5-7-13)18-9-8-14/h4-7,11H,8-10,14H2,1-3H3. The topological polar surface area (TPSA) is 72.6 Å². The van der Waals surface area contributed by atoms with Gasteiger partial charge in [0.1, 0.15) is 12.4 Å². The highest BCUT2D eigenvalue weighted by Crippen LogP contribution is 2.19. The molecule has 0 spiro atoms. The Bertz CT molecular complexity index is 483. The fraction of sp³-hybridized carbons (Fsp3) is 0.538. The quantitative estimate of drug-likeness (QED) is 0.820. The van der Waals surface area contributed by atoms with E-state index in [1.807, 2.05) is 13.8 Å². The summed E-state index contributed by atoms with van der Waals surface area (Å²) in [5.41, 5.74) is 5.33. The van der Waals surface area contributed by atoms with Crippen LogP contribution in [0.15, 0.2) is 29.2 Å². The van der Waals surface area contributed by atoms with Crippen molar-refractivity contribution in [2.45, 2.75) is 18.7 Å². The Labute approximate surface area is 115 Å². The maximum atomic E-state index is 12.3. The van der Waals surface area contributed by atoms with Gasteiger partial charge >= 0.3 is 0 Å². The van der Waals surface area contributed by atoms with E-state index in [1.165, 1.54) is 4.31 Å². The van der Waals surface area contributed by atoms with Gasteiger partial charge in [0.25, 0.3) is 0 Å². The Morgan fingerprint density at radius 2 is 1.84 bits per heavy atom. The Hall–Kier alpha value is -1.11. The molecule has 0 aliphatic rings. The molecule has 5 nitrogen and oxygen atoms in total. The molecule has 2 N–H and O–H groups in total. The molecule has 0 aliphatic carbocycles. The summed E-state index contributed by atoms with van der Waals surface area (Å²) >= 11 is 0. The molecule has 0 radical (unpaired) electrons. The van der Waals surface area contributed by atoms with Gasteiger partial charge in [-0.2, -0.15) is 0 Å². The second kappa shape index (κ2) is 6.88. The van der Waals surface area contributed by atoms with Crippen LogP contribution in [0.1, 0.15) is 13.8 Å². The average molecular weight is 286 g/mol. The Morgan fingerprint density at radius 1 is 1.26 bits per heavy atom. The van der Waals surface area contributed by atoms with Gasteiger partial charge in [-0.15, -0.1) is 0 Å². The third kappa shape index (κ3) is 4.49. The lowest BCUT2D eigenvalue weighted by atomic mass is 10.2. The fourth-order valence-electron chi connectivity index (χ4n) is 1.68. The summed E-state index contributed by atoms with van der Waals surface area (Å²) in [5, 5.41) is 0. The maximum absolute atomic E-state index is 12.3. The van der Waals surface area contributed by atoms with Gasteiger partial charge < -0.3 is 10.5 Å². The van der Waals surface area contributed by atoms with E-state index >= 15 is 0 Å². The number of ether oxygens (including phenoxy) is 1. The molecule has 1 rings (SSSR count). The Kier molecular flexibility index (Phi) is 5.78. The zero-order valence-electron chi connectivity index (χ0n) is 11.7. The number of nitrogens with zero attached hydrogens (tertiary/aromatic N) is 1. The molecule has 0 aliphatic heterocycles. The second-order valence-electron chi connectivity index (χ2n) is 4.79.